The Morgan fingerprint density at radius 2 is 2.20 bits per heavy atom. The minimum absolute atomic E-state index is 0.239. The van der Waals surface area contributed by atoms with Gasteiger partial charge in [-0.2, -0.15) is 0 Å². The maximum Gasteiger partial charge on any atom is 0.147 e. The zero-order valence-electron chi connectivity index (χ0n) is 8.05. The van der Waals surface area contributed by atoms with Crippen molar-refractivity contribution >= 4 is 11.3 Å². The fourth-order valence-electron chi connectivity index (χ4n) is 1.23. The molecule has 15 heavy (non-hydrogen) atoms. The largest absolute Gasteiger partial charge is 0.508 e. The number of rotatable bonds is 3. The molecule has 4 nitrogen and oxygen atoms in total. The monoisotopic (exact) mass is 221 g/mol. The van der Waals surface area contributed by atoms with E-state index >= 15 is 0 Å². The second-order valence-electron chi connectivity index (χ2n) is 3.09. The summed E-state index contributed by atoms with van der Waals surface area (Å²) < 4.78 is 0. The van der Waals surface area contributed by atoms with Gasteiger partial charge < -0.3 is 10.8 Å². The fraction of sp³-hybridized carbons (Fsp3) is 0.200. The van der Waals surface area contributed by atoms with Crippen LogP contribution in [0.5, 0.6) is 5.75 Å². The molecule has 0 saturated heterocycles. The van der Waals surface area contributed by atoms with Crippen LogP contribution in [0.1, 0.15) is 5.01 Å². The predicted octanol–water partition coefficient (Wildman–Crippen LogP) is 1.41. The summed E-state index contributed by atoms with van der Waals surface area (Å²) in [6.07, 6.45) is 0.747. The highest BCUT2D eigenvalue weighted by molar-refractivity contribution is 7.14. The van der Waals surface area contributed by atoms with Crippen molar-refractivity contribution in [3.63, 3.8) is 0 Å². The molecule has 5 heteroatoms. The number of aromatic nitrogens is 2. The number of hydrogen-bond donors (Lipinski definition) is 2. The summed E-state index contributed by atoms with van der Waals surface area (Å²) in [5.41, 5.74) is 6.32. The number of benzene rings is 1. The van der Waals surface area contributed by atoms with E-state index in [0.29, 0.717) is 6.54 Å². The van der Waals surface area contributed by atoms with Crippen LogP contribution in [0.3, 0.4) is 0 Å². The van der Waals surface area contributed by atoms with Gasteiger partial charge in [0, 0.05) is 12.0 Å². The van der Waals surface area contributed by atoms with Crippen LogP contribution in [0.15, 0.2) is 24.3 Å². The first-order valence-electron chi connectivity index (χ1n) is 4.61. The molecule has 3 N–H and O–H groups in total. The van der Waals surface area contributed by atoms with Crippen LogP contribution < -0.4 is 5.73 Å². The third-order valence-corrected chi connectivity index (χ3v) is 2.95. The Kier molecular flexibility index (Phi) is 2.94. The topological polar surface area (TPSA) is 72.0 Å². The lowest BCUT2D eigenvalue weighted by molar-refractivity contribution is 0.475. The summed E-state index contributed by atoms with van der Waals surface area (Å²) >= 11 is 1.51. The van der Waals surface area contributed by atoms with Gasteiger partial charge in [0.2, 0.25) is 0 Å². The van der Waals surface area contributed by atoms with E-state index in [0.717, 1.165) is 22.0 Å². The minimum Gasteiger partial charge on any atom is -0.508 e. The van der Waals surface area contributed by atoms with Gasteiger partial charge >= 0.3 is 0 Å². The lowest BCUT2D eigenvalue weighted by Crippen LogP contribution is -2.01. The average molecular weight is 221 g/mol. The summed E-state index contributed by atoms with van der Waals surface area (Å²) in [5.74, 6) is 0.239. The van der Waals surface area contributed by atoms with Crippen LogP contribution in [-0.2, 0) is 6.42 Å². The predicted molar refractivity (Wildman–Crippen MR) is 59.8 cm³/mol. The van der Waals surface area contributed by atoms with Gasteiger partial charge in [0.1, 0.15) is 15.8 Å². The molecular formula is C10H11N3OS. The van der Waals surface area contributed by atoms with Crippen LogP contribution in [0.2, 0.25) is 0 Å². The van der Waals surface area contributed by atoms with E-state index in [1.54, 1.807) is 18.2 Å². The molecule has 0 aliphatic carbocycles. The molecule has 78 valence electrons. The zero-order chi connectivity index (χ0) is 10.7. The Balaban J connectivity index is 2.29. The molecule has 0 aliphatic rings. The molecule has 0 amide bonds. The Labute approximate surface area is 91.4 Å². The van der Waals surface area contributed by atoms with E-state index in [9.17, 15) is 5.11 Å². The van der Waals surface area contributed by atoms with Gasteiger partial charge in [0.25, 0.3) is 0 Å². The van der Waals surface area contributed by atoms with Gasteiger partial charge in [-0.3, -0.25) is 0 Å². The molecular weight excluding hydrogens is 210 g/mol. The number of nitrogens with two attached hydrogens (primary N) is 1. The molecule has 0 aliphatic heterocycles. The van der Waals surface area contributed by atoms with E-state index in [4.69, 9.17) is 5.73 Å². The number of hydrogen-bond acceptors (Lipinski definition) is 5. The van der Waals surface area contributed by atoms with E-state index in [1.165, 1.54) is 11.3 Å². The molecule has 0 fully saturated rings. The van der Waals surface area contributed by atoms with Gasteiger partial charge in [-0.25, -0.2) is 0 Å². The molecule has 2 aromatic rings. The van der Waals surface area contributed by atoms with Gasteiger partial charge in [-0.1, -0.05) is 23.5 Å². The zero-order valence-corrected chi connectivity index (χ0v) is 8.87. The number of nitrogens with zero attached hydrogens (tertiary/aromatic N) is 2. The van der Waals surface area contributed by atoms with Crippen molar-refractivity contribution in [3.8, 4) is 16.3 Å². The third-order valence-electron chi connectivity index (χ3n) is 1.92. The Morgan fingerprint density at radius 1 is 1.33 bits per heavy atom. The van der Waals surface area contributed by atoms with Crippen molar-refractivity contribution in [1.29, 1.82) is 0 Å². The normalized spacial score (nSPS) is 10.5. The fourth-order valence-corrected chi connectivity index (χ4v) is 2.08. The summed E-state index contributed by atoms with van der Waals surface area (Å²) in [7, 11) is 0. The first-order valence-corrected chi connectivity index (χ1v) is 5.43. The standard InChI is InChI=1S/C10H11N3OS/c11-5-4-9-12-13-10(15-9)7-2-1-3-8(14)6-7/h1-3,6,14H,4-5,11H2. The maximum atomic E-state index is 9.32. The molecule has 1 aromatic carbocycles. The quantitative estimate of drug-likeness (QED) is 0.822. The van der Waals surface area contributed by atoms with E-state index in [2.05, 4.69) is 10.2 Å². The molecule has 0 saturated carbocycles. The van der Waals surface area contributed by atoms with Crippen LogP contribution in [0, 0.1) is 0 Å². The summed E-state index contributed by atoms with van der Waals surface area (Å²) in [6.45, 7) is 0.578. The highest BCUT2D eigenvalue weighted by Crippen LogP contribution is 2.26. The summed E-state index contributed by atoms with van der Waals surface area (Å²) in [6, 6.07) is 6.99. The smallest absolute Gasteiger partial charge is 0.147 e. The highest BCUT2D eigenvalue weighted by atomic mass is 32.1. The summed E-state index contributed by atoms with van der Waals surface area (Å²) in [4.78, 5) is 0. The molecule has 0 radical (unpaired) electrons. The molecule has 1 heterocycles. The van der Waals surface area contributed by atoms with Gasteiger partial charge in [0.05, 0.1) is 0 Å². The van der Waals surface area contributed by atoms with E-state index in [1.807, 2.05) is 6.07 Å². The van der Waals surface area contributed by atoms with Crippen LogP contribution >= 0.6 is 11.3 Å². The molecule has 1 aromatic heterocycles. The molecule has 0 atom stereocenters. The SMILES string of the molecule is NCCc1nnc(-c2cccc(O)c2)s1. The third kappa shape index (κ3) is 2.31. The van der Waals surface area contributed by atoms with Gasteiger partial charge in [-0.15, -0.1) is 10.2 Å². The maximum absolute atomic E-state index is 9.32. The number of aromatic hydroxyl groups is 1. The number of phenols is 1. The van der Waals surface area contributed by atoms with E-state index < -0.39 is 0 Å². The first kappa shape index (κ1) is 10.1. The van der Waals surface area contributed by atoms with Crippen molar-refractivity contribution in [2.24, 2.45) is 5.73 Å². The second kappa shape index (κ2) is 4.37. The minimum atomic E-state index is 0.239. The molecule has 0 spiro atoms. The van der Waals surface area contributed by atoms with Crippen LogP contribution in [0.25, 0.3) is 10.6 Å². The molecule has 0 bridgehead atoms. The van der Waals surface area contributed by atoms with Crippen molar-refractivity contribution < 1.29 is 5.11 Å². The lowest BCUT2D eigenvalue weighted by Gasteiger charge is -1.95. The van der Waals surface area contributed by atoms with Crippen molar-refractivity contribution in [2.45, 2.75) is 6.42 Å². The lowest BCUT2D eigenvalue weighted by atomic mass is 10.2. The van der Waals surface area contributed by atoms with Crippen molar-refractivity contribution in [3.05, 3.63) is 29.3 Å². The second-order valence-corrected chi connectivity index (χ2v) is 4.15. The molecule has 0 unspecified atom stereocenters. The Hall–Kier alpha value is -1.46. The highest BCUT2D eigenvalue weighted by Gasteiger charge is 2.06. The Morgan fingerprint density at radius 3 is 2.93 bits per heavy atom. The van der Waals surface area contributed by atoms with Gasteiger partial charge in [-0.05, 0) is 18.7 Å². The average Bonchev–Trinajstić information content (AvgIpc) is 2.67. The van der Waals surface area contributed by atoms with E-state index in [-0.39, 0.29) is 5.75 Å². The molecule has 2 rings (SSSR count). The summed E-state index contributed by atoms with van der Waals surface area (Å²) in [5, 5.41) is 19.1. The van der Waals surface area contributed by atoms with Crippen molar-refractivity contribution in [1.82, 2.24) is 10.2 Å². The van der Waals surface area contributed by atoms with Gasteiger partial charge in [0.15, 0.2) is 0 Å². The van der Waals surface area contributed by atoms with Crippen LogP contribution in [-0.4, -0.2) is 21.8 Å². The first-order chi connectivity index (χ1) is 7.29. The Bertz CT molecular complexity index is 455. The van der Waals surface area contributed by atoms with Crippen molar-refractivity contribution in [2.75, 3.05) is 6.54 Å². The van der Waals surface area contributed by atoms with Crippen LogP contribution in [0.4, 0.5) is 0 Å². The number of phenolic OH excluding ortho intramolecular Hbond substituents is 1.